The standard InChI is InChI=1S/C15H15NO2S/c1-11-6-5-9-13(10-11)19-14(15(17)16-18)12-7-3-2-4-8-12/h2-10,14,18H,1H3,(H,16,17). The number of hydrogen-bond donors (Lipinski definition) is 2. The summed E-state index contributed by atoms with van der Waals surface area (Å²) >= 11 is 1.42. The lowest BCUT2D eigenvalue weighted by Crippen LogP contribution is -2.24. The van der Waals surface area contributed by atoms with E-state index < -0.39 is 11.2 Å². The van der Waals surface area contributed by atoms with Crippen molar-refractivity contribution in [3.63, 3.8) is 0 Å². The van der Waals surface area contributed by atoms with Crippen LogP contribution in [-0.4, -0.2) is 11.1 Å². The summed E-state index contributed by atoms with van der Waals surface area (Å²) in [6, 6.07) is 17.3. The van der Waals surface area contributed by atoms with Gasteiger partial charge in [-0.2, -0.15) is 0 Å². The van der Waals surface area contributed by atoms with Crippen LogP contribution in [0.15, 0.2) is 59.5 Å². The molecule has 0 saturated carbocycles. The molecule has 2 rings (SSSR count). The van der Waals surface area contributed by atoms with Gasteiger partial charge in [0.2, 0.25) is 0 Å². The Morgan fingerprint density at radius 1 is 1.16 bits per heavy atom. The van der Waals surface area contributed by atoms with E-state index in [0.717, 1.165) is 16.0 Å². The molecule has 0 aliphatic rings. The number of thioether (sulfide) groups is 1. The number of rotatable bonds is 4. The van der Waals surface area contributed by atoms with E-state index in [-0.39, 0.29) is 0 Å². The van der Waals surface area contributed by atoms with Gasteiger partial charge in [0.1, 0.15) is 5.25 Å². The quantitative estimate of drug-likeness (QED) is 0.510. The van der Waals surface area contributed by atoms with Crippen LogP contribution in [0.2, 0.25) is 0 Å². The molecule has 0 aliphatic heterocycles. The molecule has 0 heterocycles. The van der Waals surface area contributed by atoms with Crippen LogP contribution in [0.25, 0.3) is 0 Å². The number of hydroxylamine groups is 1. The van der Waals surface area contributed by atoms with E-state index in [9.17, 15) is 4.79 Å². The first-order chi connectivity index (χ1) is 9.20. The molecule has 4 heteroatoms. The average molecular weight is 273 g/mol. The Labute approximate surface area is 116 Å². The molecule has 0 saturated heterocycles. The smallest absolute Gasteiger partial charge is 0.261 e. The molecule has 3 nitrogen and oxygen atoms in total. The third kappa shape index (κ3) is 3.59. The molecule has 0 radical (unpaired) electrons. The summed E-state index contributed by atoms with van der Waals surface area (Å²) < 4.78 is 0. The number of benzene rings is 2. The first kappa shape index (κ1) is 13.6. The number of carbonyl (C=O) groups excluding carboxylic acids is 1. The lowest BCUT2D eigenvalue weighted by Gasteiger charge is -2.15. The topological polar surface area (TPSA) is 49.3 Å². The summed E-state index contributed by atoms with van der Waals surface area (Å²) in [5, 5.41) is 8.42. The van der Waals surface area contributed by atoms with Crippen molar-refractivity contribution in [2.24, 2.45) is 0 Å². The molecule has 1 unspecified atom stereocenters. The second kappa shape index (κ2) is 6.41. The molecule has 0 aromatic heterocycles. The van der Waals surface area contributed by atoms with Crippen LogP contribution in [0.4, 0.5) is 0 Å². The van der Waals surface area contributed by atoms with Crippen molar-refractivity contribution >= 4 is 17.7 Å². The lowest BCUT2D eigenvalue weighted by atomic mass is 10.1. The Morgan fingerprint density at radius 2 is 1.89 bits per heavy atom. The fraction of sp³-hybridized carbons (Fsp3) is 0.133. The minimum Gasteiger partial charge on any atom is -0.289 e. The fourth-order valence-corrected chi connectivity index (χ4v) is 2.92. The summed E-state index contributed by atoms with van der Waals surface area (Å²) in [6.07, 6.45) is 0. The van der Waals surface area contributed by atoms with Crippen molar-refractivity contribution in [1.82, 2.24) is 5.48 Å². The summed E-state index contributed by atoms with van der Waals surface area (Å²) in [4.78, 5) is 12.8. The van der Waals surface area contributed by atoms with Gasteiger partial charge in [0, 0.05) is 4.90 Å². The van der Waals surface area contributed by atoms with Gasteiger partial charge in [-0.25, -0.2) is 5.48 Å². The number of hydrogen-bond acceptors (Lipinski definition) is 3. The highest BCUT2D eigenvalue weighted by Crippen LogP contribution is 2.35. The normalized spacial score (nSPS) is 11.9. The predicted octanol–water partition coefficient (Wildman–Crippen LogP) is 3.33. The molecule has 1 amide bonds. The molecule has 2 N–H and O–H groups in total. The van der Waals surface area contributed by atoms with Crippen molar-refractivity contribution < 1.29 is 10.0 Å². The number of nitrogens with one attached hydrogen (secondary N) is 1. The molecular weight excluding hydrogens is 258 g/mol. The number of amides is 1. The van der Waals surface area contributed by atoms with Crippen LogP contribution in [0, 0.1) is 6.92 Å². The van der Waals surface area contributed by atoms with E-state index in [4.69, 9.17) is 5.21 Å². The molecule has 0 fully saturated rings. The Hall–Kier alpha value is -1.78. The molecule has 0 spiro atoms. The summed E-state index contributed by atoms with van der Waals surface area (Å²) in [6.45, 7) is 2.01. The first-order valence-electron chi connectivity index (χ1n) is 5.93. The van der Waals surface area contributed by atoms with Crippen LogP contribution in [0.1, 0.15) is 16.4 Å². The van der Waals surface area contributed by atoms with Crippen LogP contribution in [0.5, 0.6) is 0 Å². The van der Waals surface area contributed by atoms with Gasteiger partial charge in [-0.15, -0.1) is 11.8 Å². The van der Waals surface area contributed by atoms with E-state index in [1.165, 1.54) is 11.8 Å². The van der Waals surface area contributed by atoms with Crippen molar-refractivity contribution in [3.05, 3.63) is 65.7 Å². The van der Waals surface area contributed by atoms with E-state index in [1.54, 1.807) is 5.48 Å². The van der Waals surface area contributed by atoms with Crippen molar-refractivity contribution in [2.75, 3.05) is 0 Å². The van der Waals surface area contributed by atoms with Gasteiger partial charge in [0.05, 0.1) is 0 Å². The molecule has 0 bridgehead atoms. The zero-order valence-electron chi connectivity index (χ0n) is 10.5. The van der Waals surface area contributed by atoms with Gasteiger partial charge in [-0.05, 0) is 24.6 Å². The maximum atomic E-state index is 11.8. The summed E-state index contributed by atoms with van der Waals surface area (Å²) in [5.41, 5.74) is 3.74. The fourth-order valence-electron chi connectivity index (χ4n) is 1.78. The van der Waals surface area contributed by atoms with Gasteiger partial charge in [-0.3, -0.25) is 10.0 Å². The minimum atomic E-state index is -0.465. The number of aryl methyl sites for hydroxylation is 1. The minimum absolute atomic E-state index is 0.419. The zero-order chi connectivity index (χ0) is 13.7. The van der Waals surface area contributed by atoms with Gasteiger partial charge < -0.3 is 0 Å². The Kier molecular flexibility index (Phi) is 4.60. The first-order valence-corrected chi connectivity index (χ1v) is 6.81. The molecule has 2 aromatic carbocycles. The molecule has 0 aliphatic carbocycles. The van der Waals surface area contributed by atoms with Crippen molar-refractivity contribution in [2.45, 2.75) is 17.1 Å². The van der Waals surface area contributed by atoms with Gasteiger partial charge in [0.25, 0.3) is 5.91 Å². The van der Waals surface area contributed by atoms with E-state index >= 15 is 0 Å². The van der Waals surface area contributed by atoms with Crippen molar-refractivity contribution in [3.8, 4) is 0 Å². The molecule has 19 heavy (non-hydrogen) atoms. The van der Waals surface area contributed by atoms with Crippen molar-refractivity contribution in [1.29, 1.82) is 0 Å². The van der Waals surface area contributed by atoms with Gasteiger partial charge in [-0.1, -0.05) is 48.0 Å². The highest BCUT2D eigenvalue weighted by atomic mass is 32.2. The van der Waals surface area contributed by atoms with E-state index in [1.807, 2.05) is 61.5 Å². The number of carbonyl (C=O) groups is 1. The SMILES string of the molecule is Cc1cccc(SC(C(=O)NO)c2ccccc2)c1. The zero-order valence-corrected chi connectivity index (χ0v) is 11.4. The molecular formula is C15H15NO2S. The molecule has 98 valence electrons. The van der Waals surface area contributed by atoms with E-state index in [0.29, 0.717) is 0 Å². The maximum absolute atomic E-state index is 11.8. The Morgan fingerprint density at radius 3 is 2.53 bits per heavy atom. The highest BCUT2D eigenvalue weighted by Gasteiger charge is 2.21. The third-order valence-corrected chi connectivity index (χ3v) is 3.94. The second-order valence-electron chi connectivity index (χ2n) is 4.20. The second-order valence-corrected chi connectivity index (χ2v) is 5.38. The maximum Gasteiger partial charge on any atom is 0.261 e. The highest BCUT2D eigenvalue weighted by molar-refractivity contribution is 8.00. The predicted molar refractivity (Wildman–Crippen MR) is 76.1 cm³/mol. The monoisotopic (exact) mass is 273 g/mol. The van der Waals surface area contributed by atoms with Gasteiger partial charge >= 0.3 is 0 Å². The molecule has 2 aromatic rings. The van der Waals surface area contributed by atoms with Crippen LogP contribution < -0.4 is 5.48 Å². The molecule has 1 atom stereocenters. The average Bonchev–Trinajstić information content (AvgIpc) is 2.45. The summed E-state index contributed by atoms with van der Waals surface area (Å²) in [7, 11) is 0. The third-order valence-electron chi connectivity index (χ3n) is 2.69. The van der Waals surface area contributed by atoms with Crippen LogP contribution >= 0.6 is 11.8 Å². The lowest BCUT2D eigenvalue weighted by molar-refractivity contribution is -0.128. The van der Waals surface area contributed by atoms with E-state index in [2.05, 4.69) is 0 Å². The van der Waals surface area contributed by atoms with Crippen LogP contribution in [0.3, 0.4) is 0 Å². The Bertz CT molecular complexity index is 557. The Balaban J connectivity index is 2.27. The summed E-state index contributed by atoms with van der Waals surface area (Å²) in [5.74, 6) is -0.419. The largest absolute Gasteiger partial charge is 0.289 e. The van der Waals surface area contributed by atoms with Crippen LogP contribution in [-0.2, 0) is 4.79 Å². The van der Waals surface area contributed by atoms with Gasteiger partial charge in [0.15, 0.2) is 0 Å².